The predicted octanol–water partition coefficient (Wildman–Crippen LogP) is 14.7. The zero-order valence-corrected chi connectivity index (χ0v) is 35.1. The molecule has 0 saturated heterocycles. The van der Waals surface area contributed by atoms with Gasteiger partial charge in [0.1, 0.15) is 5.82 Å². The summed E-state index contributed by atoms with van der Waals surface area (Å²) in [6, 6.07) is 57.1. The number of hydrogen-bond donors (Lipinski definition) is 0. The number of nitrogens with zero attached hydrogens (tertiary/aromatic N) is 3. The average Bonchev–Trinajstić information content (AvgIpc) is 3.93. The number of thiophene rings is 1. The fourth-order valence-electron chi connectivity index (χ4n) is 10.3. The molecule has 0 aliphatic heterocycles. The zero-order chi connectivity index (χ0) is 41.2. The third kappa shape index (κ3) is 5.66. The lowest BCUT2D eigenvalue weighted by atomic mass is 9.69. The van der Waals surface area contributed by atoms with Crippen molar-refractivity contribution >= 4 is 37.1 Å². The van der Waals surface area contributed by atoms with Crippen LogP contribution in [0.15, 0.2) is 189 Å². The Labute approximate surface area is 361 Å². The molecule has 0 N–H and O–H groups in total. The topological polar surface area (TPSA) is 38.7 Å². The van der Waals surface area contributed by atoms with E-state index in [1.165, 1.54) is 81.4 Å². The molecule has 0 radical (unpaired) electrons. The summed E-state index contributed by atoms with van der Waals surface area (Å²) in [5.74, 6) is 2.29. The Bertz CT molecular complexity index is 3280. The van der Waals surface area contributed by atoms with E-state index in [4.69, 9.17) is 15.0 Å². The van der Waals surface area contributed by atoms with E-state index in [0.717, 1.165) is 35.4 Å². The van der Waals surface area contributed by atoms with E-state index in [9.17, 15) is 0 Å². The van der Waals surface area contributed by atoms with Gasteiger partial charge in [-0.05, 0) is 105 Å². The van der Waals surface area contributed by atoms with Crippen molar-refractivity contribution in [3.05, 3.63) is 228 Å². The largest absolute Gasteiger partial charge is 0.213 e. The molecule has 0 fully saturated rings. The predicted molar refractivity (Wildman–Crippen MR) is 256 cm³/mol. The summed E-state index contributed by atoms with van der Waals surface area (Å²) in [6.45, 7) is 13.2. The summed E-state index contributed by atoms with van der Waals surface area (Å²) < 4.78 is 2.52. The van der Waals surface area contributed by atoms with Gasteiger partial charge in [0, 0.05) is 37.2 Å². The van der Waals surface area contributed by atoms with Crippen LogP contribution in [0.4, 0.5) is 0 Å². The molecule has 0 saturated carbocycles. The average molecular weight is 802 g/mol. The number of fused-ring (bicyclic) bond motifs is 10. The van der Waals surface area contributed by atoms with Crippen LogP contribution in [0.2, 0.25) is 0 Å². The van der Waals surface area contributed by atoms with Crippen molar-refractivity contribution in [1.29, 1.82) is 0 Å². The lowest BCUT2D eigenvalue weighted by Gasteiger charge is -2.32. The maximum absolute atomic E-state index is 5.30. The molecule has 11 rings (SSSR count). The Balaban J connectivity index is 1.03. The van der Waals surface area contributed by atoms with Gasteiger partial charge in [0.05, 0.1) is 5.41 Å². The van der Waals surface area contributed by atoms with Crippen molar-refractivity contribution in [1.82, 2.24) is 15.0 Å². The van der Waals surface area contributed by atoms with Gasteiger partial charge >= 0.3 is 0 Å². The molecule has 0 amide bonds. The van der Waals surface area contributed by atoms with Crippen LogP contribution in [-0.2, 0) is 11.8 Å². The Morgan fingerprint density at radius 1 is 0.557 bits per heavy atom. The first-order valence-electron chi connectivity index (χ1n) is 21.2. The van der Waals surface area contributed by atoms with Gasteiger partial charge in [-0.1, -0.05) is 172 Å². The number of aryl methyl sites for hydroxylation is 1. The van der Waals surface area contributed by atoms with Crippen molar-refractivity contribution in [2.75, 3.05) is 0 Å². The first kappa shape index (κ1) is 37.0. The van der Waals surface area contributed by atoms with Gasteiger partial charge in [0.15, 0.2) is 11.6 Å². The van der Waals surface area contributed by atoms with Crippen LogP contribution in [0.3, 0.4) is 0 Å². The fraction of sp³-hybridized carbons (Fsp3) is 0.105. The van der Waals surface area contributed by atoms with E-state index in [2.05, 4.69) is 173 Å². The first-order valence-corrected chi connectivity index (χ1v) is 22.0. The number of rotatable bonds is 9. The highest BCUT2D eigenvalue weighted by molar-refractivity contribution is 7.25. The Hall–Kier alpha value is -7.01. The van der Waals surface area contributed by atoms with Gasteiger partial charge in [-0.2, -0.15) is 0 Å². The molecule has 2 atom stereocenters. The van der Waals surface area contributed by atoms with Crippen LogP contribution < -0.4 is 0 Å². The molecule has 61 heavy (non-hydrogen) atoms. The molecular formula is C57H43N3S. The molecule has 1 spiro atoms. The molecule has 2 unspecified atom stereocenters. The molecule has 4 heteroatoms. The third-order valence-electron chi connectivity index (χ3n) is 13.1. The van der Waals surface area contributed by atoms with Crippen LogP contribution >= 0.6 is 11.3 Å². The van der Waals surface area contributed by atoms with E-state index >= 15 is 0 Å². The second kappa shape index (κ2) is 14.6. The molecule has 0 bridgehead atoms. The van der Waals surface area contributed by atoms with Crippen molar-refractivity contribution in [3.8, 4) is 45.0 Å². The summed E-state index contributed by atoms with van der Waals surface area (Å²) >= 11 is 1.82. The second-order valence-corrected chi connectivity index (χ2v) is 17.4. The van der Waals surface area contributed by atoms with Crippen LogP contribution in [0.1, 0.15) is 58.5 Å². The molecule has 7 aromatic carbocycles. The van der Waals surface area contributed by atoms with E-state index in [-0.39, 0.29) is 5.92 Å². The molecule has 9 aromatic rings. The third-order valence-corrected chi connectivity index (χ3v) is 14.2. The molecule has 2 heterocycles. The lowest BCUT2D eigenvalue weighted by molar-refractivity contribution is 0.616. The summed E-state index contributed by atoms with van der Waals surface area (Å²) in [4.78, 5) is 15.7. The molecule has 3 nitrogen and oxygen atoms in total. The van der Waals surface area contributed by atoms with Crippen LogP contribution in [0, 0.1) is 6.92 Å². The van der Waals surface area contributed by atoms with E-state index in [0.29, 0.717) is 11.6 Å². The number of hydrogen-bond acceptors (Lipinski definition) is 4. The van der Waals surface area contributed by atoms with E-state index in [1.54, 1.807) is 0 Å². The normalized spacial score (nSPS) is 15.6. The molecule has 2 aromatic heterocycles. The highest BCUT2D eigenvalue weighted by atomic mass is 32.1. The van der Waals surface area contributed by atoms with Crippen molar-refractivity contribution in [3.63, 3.8) is 0 Å². The SMILES string of the molecule is C=CC1=C(C=C)C2(c3ccccc31)c1ccccc1-c1cc(-c3ccccc3CC(CC)c3nc(-c4ccccc4)nc(-c4ccc5c(c4)sc4ccccc45)n3)c(C)cc12. The van der Waals surface area contributed by atoms with Crippen molar-refractivity contribution in [2.45, 2.75) is 38.0 Å². The summed E-state index contributed by atoms with van der Waals surface area (Å²) in [5.41, 5.74) is 16.5. The monoisotopic (exact) mass is 801 g/mol. The van der Waals surface area contributed by atoms with Gasteiger partial charge in [0.25, 0.3) is 0 Å². The maximum Gasteiger partial charge on any atom is 0.163 e. The molecular weight excluding hydrogens is 759 g/mol. The number of benzene rings is 7. The summed E-state index contributed by atoms with van der Waals surface area (Å²) in [5, 5.41) is 2.55. The van der Waals surface area contributed by atoms with E-state index < -0.39 is 5.41 Å². The smallest absolute Gasteiger partial charge is 0.163 e. The number of allylic oxidation sites excluding steroid dienone is 4. The maximum atomic E-state index is 5.30. The summed E-state index contributed by atoms with van der Waals surface area (Å²) in [7, 11) is 0. The van der Waals surface area contributed by atoms with Gasteiger partial charge in [0.2, 0.25) is 0 Å². The van der Waals surface area contributed by atoms with Crippen molar-refractivity contribution in [2.24, 2.45) is 0 Å². The second-order valence-electron chi connectivity index (χ2n) is 16.3. The minimum Gasteiger partial charge on any atom is -0.213 e. The zero-order valence-electron chi connectivity index (χ0n) is 34.3. The van der Waals surface area contributed by atoms with Crippen LogP contribution in [-0.4, -0.2) is 15.0 Å². The number of aromatic nitrogens is 3. The van der Waals surface area contributed by atoms with Crippen molar-refractivity contribution < 1.29 is 0 Å². The quantitative estimate of drug-likeness (QED) is 0.146. The van der Waals surface area contributed by atoms with Gasteiger partial charge in [-0.25, -0.2) is 15.0 Å². The first-order chi connectivity index (χ1) is 30.0. The van der Waals surface area contributed by atoms with E-state index in [1.807, 2.05) is 35.6 Å². The minimum absolute atomic E-state index is 0.0600. The molecule has 2 aliphatic rings. The Morgan fingerprint density at radius 3 is 1.98 bits per heavy atom. The highest BCUT2D eigenvalue weighted by Gasteiger charge is 2.51. The van der Waals surface area contributed by atoms with Gasteiger partial charge in [-0.15, -0.1) is 11.3 Å². The standard InChI is InChI=1S/C57H43N3S/c1-5-36(54-58-55(37-19-9-8-10-20-37)60-56(59-54)39-29-30-45-44-25-15-18-28-52(44)61-53(45)33-39)32-38-21-11-12-22-41(38)46-34-47-43-24-14-17-27-50(43)57(51(47)31-35(46)4)48(7-3)40(6-2)42-23-13-16-26-49(42)57/h6-31,33-34,36H,2-3,5,32H2,1,4H3. The molecule has 2 aliphatic carbocycles. The van der Waals surface area contributed by atoms with Gasteiger partial charge < -0.3 is 0 Å². The lowest BCUT2D eigenvalue weighted by Crippen LogP contribution is -2.26. The Morgan fingerprint density at radius 2 is 1.21 bits per heavy atom. The Kier molecular flexibility index (Phi) is 8.87. The fourth-order valence-corrected chi connectivity index (χ4v) is 11.4. The van der Waals surface area contributed by atoms with Crippen LogP contribution in [0.25, 0.3) is 70.8 Å². The summed E-state index contributed by atoms with van der Waals surface area (Å²) in [6.07, 6.45) is 5.73. The molecule has 292 valence electrons. The minimum atomic E-state index is -0.460. The van der Waals surface area contributed by atoms with Gasteiger partial charge in [-0.3, -0.25) is 0 Å². The van der Waals surface area contributed by atoms with Crippen LogP contribution in [0.5, 0.6) is 0 Å². The highest BCUT2D eigenvalue weighted by Crippen LogP contribution is 2.62.